The van der Waals surface area contributed by atoms with Crippen molar-refractivity contribution in [2.24, 2.45) is 0 Å². The number of rotatable bonds is 4. The first-order chi connectivity index (χ1) is 13.1. The second kappa shape index (κ2) is 7.20. The Morgan fingerprint density at radius 1 is 1.19 bits per heavy atom. The number of aromatic nitrogens is 3. The third kappa shape index (κ3) is 3.54. The normalized spacial score (nSPS) is 10.7. The van der Waals surface area contributed by atoms with Crippen molar-refractivity contribution in [3.05, 3.63) is 77.2 Å². The lowest BCUT2D eigenvalue weighted by Gasteiger charge is -2.11. The van der Waals surface area contributed by atoms with E-state index in [0.717, 1.165) is 15.7 Å². The van der Waals surface area contributed by atoms with Gasteiger partial charge in [-0.3, -0.25) is 9.20 Å². The van der Waals surface area contributed by atoms with E-state index in [0.29, 0.717) is 22.8 Å². The molecule has 0 aliphatic rings. The second-order valence-electron chi connectivity index (χ2n) is 5.83. The summed E-state index contributed by atoms with van der Waals surface area (Å²) in [5, 5.41) is 2.91. The van der Waals surface area contributed by atoms with Crippen molar-refractivity contribution in [1.29, 1.82) is 0 Å². The van der Waals surface area contributed by atoms with Gasteiger partial charge in [0.1, 0.15) is 5.75 Å². The molecule has 2 aromatic heterocycles. The SMILES string of the molecule is COc1ccc(-c2cn3cccnc3n2)cc1NC(=O)c1ccc(Br)cc1. The quantitative estimate of drug-likeness (QED) is 0.528. The Hall–Kier alpha value is -3.19. The van der Waals surface area contributed by atoms with Crippen molar-refractivity contribution >= 4 is 33.3 Å². The molecule has 0 saturated heterocycles. The van der Waals surface area contributed by atoms with Crippen LogP contribution < -0.4 is 10.1 Å². The first-order valence-corrected chi connectivity index (χ1v) is 8.98. The molecule has 0 aliphatic carbocycles. The summed E-state index contributed by atoms with van der Waals surface area (Å²) in [6.07, 6.45) is 5.48. The minimum absolute atomic E-state index is 0.213. The van der Waals surface area contributed by atoms with Gasteiger partial charge in [-0.1, -0.05) is 15.9 Å². The molecular formula is C20H15BrN4O2. The van der Waals surface area contributed by atoms with Gasteiger partial charge in [0.2, 0.25) is 5.78 Å². The number of hydrogen-bond acceptors (Lipinski definition) is 4. The van der Waals surface area contributed by atoms with Gasteiger partial charge in [-0.25, -0.2) is 9.97 Å². The van der Waals surface area contributed by atoms with E-state index in [1.165, 1.54) is 0 Å². The molecule has 1 N–H and O–H groups in total. The van der Waals surface area contributed by atoms with E-state index in [9.17, 15) is 4.79 Å². The molecule has 0 aliphatic heterocycles. The van der Waals surface area contributed by atoms with Crippen LogP contribution in [0, 0.1) is 0 Å². The zero-order valence-electron chi connectivity index (χ0n) is 14.4. The summed E-state index contributed by atoms with van der Waals surface area (Å²) in [5.74, 6) is 0.976. The van der Waals surface area contributed by atoms with Crippen LogP contribution in [0.25, 0.3) is 17.0 Å². The molecule has 4 rings (SSSR count). The van der Waals surface area contributed by atoms with Crippen LogP contribution in [0.1, 0.15) is 10.4 Å². The first kappa shape index (κ1) is 17.2. The van der Waals surface area contributed by atoms with Crippen molar-refractivity contribution in [2.75, 3.05) is 12.4 Å². The predicted molar refractivity (Wildman–Crippen MR) is 107 cm³/mol. The van der Waals surface area contributed by atoms with Crippen LogP contribution in [0.15, 0.2) is 71.6 Å². The van der Waals surface area contributed by atoms with Gasteiger partial charge in [0.05, 0.1) is 18.5 Å². The standard InChI is InChI=1S/C20H15BrN4O2/c1-27-18-8-5-14(17-12-25-10-2-9-22-20(25)24-17)11-16(18)23-19(26)13-3-6-15(21)7-4-13/h2-12H,1H3,(H,23,26). The van der Waals surface area contributed by atoms with Gasteiger partial charge < -0.3 is 10.1 Å². The van der Waals surface area contributed by atoms with Crippen LogP contribution >= 0.6 is 15.9 Å². The minimum atomic E-state index is -0.213. The number of carbonyl (C=O) groups excluding carboxylic acids is 1. The lowest BCUT2D eigenvalue weighted by atomic mass is 10.1. The lowest BCUT2D eigenvalue weighted by Crippen LogP contribution is -2.12. The fraction of sp³-hybridized carbons (Fsp3) is 0.0500. The van der Waals surface area contributed by atoms with Crippen LogP contribution in [0.2, 0.25) is 0 Å². The zero-order chi connectivity index (χ0) is 18.8. The molecule has 0 fully saturated rings. The number of benzene rings is 2. The summed E-state index contributed by atoms with van der Waals surface area (Å²) < 4.78 is 8.15. The van der Waals surface area contributed by atoms with Gasteiger partial charge in [0.15, 0.2) is 0 Å². The Morgan fingerprint density at radius 3 is 2.74 bits per heavy atom. The Kier molecular flexibility index (Phi) is 4.60. The molecule has 2 heterocycles. The van der Waals surface area contributed by atoms with Crippen molar-refractivity contribution < 1.29 is 9.53 Å². The summed E-state index contributed by atoms with van der Waals surface area (Å²) in [7, 11) is 1.57. The van der Waals surface area contributed by atoms with Crippen molar-refractivity contribution in [3.8, 4) is 17.0 Å². The lowest BCUT2D eigenvalue weighted by molar-refractivity contribution is 0.102. The molecule has 0 bridgehead atoms. The third-order valence-corrected chi connectivity index (χ3v) is 4.61. The number of fused-ring (bicyclic) bond motifs is 1. The number of carbonyl (C=O) groups is 1. The zero-order valence-corrected chi connectivity index (χ0v) is 16.0. The van der Waals surface area contributed by atoms with Crippen molar-refractivity contribution in [3.63, 3.8) is 0 Å². The topological polar surface area (TPSA) is 68.5 Å². The molecule has 2 aromatic carbocycles. The molecular weight excluding hydrogens is 408 g/mol. The molecule has 0 saturated carbocycles. The average molecular weight is 423 g/mol. The highest BCUT2D eigenvalue weighted by atomic mass is 79.9. The Balaban J connectivity index is 1.68. The summed E-state index contributed by atoms with van der Waals surface area (Å²) in [5.41, 5.74) is 2.75. The number of hydrogen-bond donors (Lipinski definition) is 1. The van der Waals surface area contributed by atoms with Gasteiger partial charge in [-0.15, -0.1) is 0 Å². The largest absolute Gasteiger partial charge is 0.495 e. The number of amides is 1. The van der Waals surface area contributed by atoms with Crippen LogP contribution in [0.3, 0.4) is 0 Å². The van der Waals surface area contributed by atoms with E-state index in [2.05, 4.69) is 31.2 Å². The maximum atomic E-state index is 12.6. The smallest absolute Gasteiger partial charge is 0.255 e. The van der Waals surface area contributed by atoms with Crippen molar-refractivity contribution in [2.45, 2.75) is 0 Å². The third-order valence-electron chi connectivity index (χ3n) is 4.09. The first-order valence-electron chi connectivity index (χ1n) is 8.19. The van der Waals surface area contributed by atoms with Crippen LogP contribution in [0.5, 0.6) is 5.75 Å². The number of ether oxygens (including phenoxy) is 1. The van der Waals surface area contributed by atoms with E-state index >= 15 is 0 Å². The molecule has 4 aromatic rings. The van der Waals surface area contributed by atoms with Crippen LogP contribution in [-0.4, -0.2) is 27.4 Å². The maximum Gasteiger partial charge on any atom is 0.255 e. The average Bonchev–Trinajstić information content (AvgIpc) is 3.12. The molecule has 27 heavy (non-hydrogen) atoms. The fourth-order valence-corrected chi connectivity index (χ4v) is 2.99. The summed E-state index contributed by atoms with van der Waals surface area (Å²) in [6.45, 7) is 0. The van der Waals surface area contributed by atoms with Gasteiger partial charge in [0.25, 0.3) is 5.91 Å². The Labute approximate surface area is 164 Å². The van der Waals surface area contributed by atoms with Gasteiger partial charge in [-0.2, -0.15) is 0 Å². The fourth-order valence-electron chi connectivity index (χ4n) is 2.73. The molecule has 0 unspecified atom stereocenters. The molecule has 0 radical (unpaired) electrons. The summed E-state index contributed by atoms with van der Waals surface area (Å²) in [6, 6.07) is 14.6. The predicted octanol–water partition coefficient (Wildman–Crippen LogP) is 4.42. The van der Waals surface area contributed by atoms with Gasteiger partial charge in [-0.05, 0) is 48.5 Å². The highest BCUT2D eigenvalue weighted by Crippen LogP contribution is 2.30. The van der Waals surface area contributed by atoms with Gasteiger partial charge >= 0.3 is 0 Å². The molecule has 0 atom stereocenters. The highest BCUT2D eigenvalue weighted by molar-refractivity contribution is 9.10. The van der Waals surface area contributed by atoms with E-state index in [-0.39, 0.29) is 5.91 Å². The number of methoxy groups -OCH3 is 1. The van der Waals surface area contributed by atoms with Crippen LogP contribution in [-0.2, 0) is 0 Å². The number of nitrogens with zero attached hydrogens (tertiary/aromatic N) is 3. The number of imidazole rings is 1. The molecule has 1 amide bonds. The maximum absolute atomic E-state index is 12.6. The monoisotopic (exact) mass is 422 g/mol. The number of nitrogens with one attached hydrogen (secondary N) is 1. The number of anilines is 1. The van der Waals surface area contributed by atoms with E-state index in [1.54, 1.807) is 25.4 Å². The van der Waals surface area contributed by atoms with E-state index in [4.69, 9.17) is 4.74 Å². The highest BCUT2D eigenvalue weighted by Gasteiger charge is 2.13. The van der Waals surface area contributed by atoms with Crippen molar-refractivity contribution in [1.82, 2.24) is 14.4 Å². The molecule has 134 valence electrons. The Morgan fingerprint density at radius 2 is 2.00 bits per heavy atom. The summed E-state index contributed by atoms with van der Waals surface area (Å²) >= 11 is 3.37. The Bertz CT molecular complexity index is 1090. The minimum Gasteiger partial charge on any atom is -0.495 e. The number of halogens is 1. The summed E-state index contributed by atoms with van der Waals surface area (Å²) in [4.78, 5) is 21.3. The van der Waals surface area contributed by atoms with Crippen LogP contribution in [0.4, 0.5) is 5.69 Å². The second-order valence-corrected chi connectivity index (χ2v) is 6.74. The molecule has 7 heteroatoms. The molecule has 0 spiro atoms. The molecule has 6 nitrogen and oxygen atoms in total. The van der Waals surface area contributed by atoms with E-state index in [1.807, 2.05) is 53.2 Å². The van der Waals surface area contributed by atoms with Gasteiger partial charge in [0, 0.05) is 34.2 Å². The van der Waals surface area contributed by atoms with E-state index < -0.39 is 0 Å².